The topological polar surface area (TPSA) is 61.2 Å². The first kappa shape index (κ1) is 13.7. The third-order valence-electron chi connectivity index (χ3n) is 5.05. The first-order valence-electron chi connectivity index (χ1n) is 8.27. The lowest BCUT2D eigenvalue weighted by Gasteiger charge is -2.35. The van der Waals surface area contributed by atoms with Crippen molar-refractivity contribution in [2.45, 2.75) is 69.9 Å². The number of fused-ring (bicyclic) bond motifs is 1. The van der Waals surface area contributed by atoms with Crippen LogP contribution >= 0.6 is 0 Å². The van der Waals surface area contributed by atoms with Crippen molar-refractivity contribution in [3.05, 3.63) is 11.6 Å². The van der Waals surface area contributed by atoms with E-state index in [1.54, 1.807) is 0 Å². The summed E-state index contributed by atoms with van der Waals surface area (Å²) in [4.78, 5) is 0. The number of ether oxygens (including phenoxy) is 2. The maximum absolute atomic E-state index is 5.78. The van der Waals surface area contributed by atoms with Gasteiger partial charge in [0.2, 0.25) is 0 Å². The number of nitrogens with zero attached hydrogens (tertiary/aromatic N) is 3. The summed E-state index contributed by atoms with van der Waals surface area (Å²) in [7, 11) is 0. The molecule has 0 bridgehead atoms. The van der Waals surface area contributed by atoms with Crippen molar-refractivity contribution in [3.8, 4) is 0 Å². The van der Waals surface area contributed by atoms with Crippen molar-refractivity contribution in [1.29, 1.82) is 0 Å². The second-order valence-corrected chi connectivity index (χ2v) is 6.40. The van der Waals surface area contributed by atoms with Gasteiger partial charge in [-0.3, -0.25) is 0 Å². The summed E-state index contributed by atoms with van der Waals surface area (Å²) in [5.41, 5.74) is 0. The van der Waals surface area contributed by atoms with Crippen LogP contribution in [0.15, 0.2) is 0 Å². The van der Waals surface area contributed by atoms with E-state index in [0.29, 0.717) is 6.04 Å². The zero-order valence-electron chi connectivity index (χ0n) is 12.5. The lowest BCUT2D eigenvalue weighted by atomic mass is 9.90. The summed E-state index contributed by atoms with van der Waals surface area (Å²) in [5, 5.41) is 12.3. The molecule has 3 aliphatic rings. The molecular formula is C15H24N4O2. The molecule has 2 aliphatic heterocycles. The van der Waals surface area contributed by atoms with Crippen molar-refractivity contribution in [1.82, 2.24) is 20.1 Å². The van der Waals surface area contributed by atoms with E-state index < -0.39 is 0 Å². The average molecular weight is 292 g/mol. The Kier molecular flexibility index (Phi) is 3.69. The second-order valence-electron chi connectivity index (χ2n) is 6.40. The number of nitrogens with one attached hydrogen (secondary N) is 1. The summed E-state index contributed by atoms with van der Waals surface area (Å²) < 4.78 is 13.9. The van der Waals surface area contributed by atoms with Crippen LogP contribution in [0.4, 0.5) is 0 Å². The fraction of sp³-hybridized carbons (Fsp3) is 0.867. The second kappa shape index (κ2) is 5.66. The predicted molar refractivity (Wildman–Crippen MR) is 76.7 cm³/mol. The summed E-state index contributed by atoms with van der Waals surface area (Å²) in [6.45, 7) is 3.41. The maximum atomic E-state index is 5.78. The van der Waals surface area contributed by atoms with Crippen molar-refractivity contribution >= 4 is 0 Å². The van der Waals surface area contributed by atoms with Gasteiger partial charge in [-0.2, -0.15) is 0 Å². The smallest absolute Gasteiger partial charge is 0.168 e. The highest BCUT2D eigenvalue weighted by Gasteiger charge is 2.40. The fourth-order valence-electron chi connectivity index (χ4n) is 3.78. The molecule has 4 rings (SSSR count). The summed E-state index contributed by atoms with van der Waals surface area (Å²) >= 11 is 0. The molecule has 116 valence electrons. The minimum absolute atomic E-state index is 0.258. The van der Waals surface area contributed by atoms with E-state index in [9.17, 15) is 0 Å². The molecule has 1 aromatic heterocycles. The third kappa shape index (κ3) is 2.72. The van der Waals surface area contributed by atoms with Crippen LogP contribution in [0.1, 0.15) is 50.2 Å². The SMILES string of the molecule is C1CCn2c(nnc2CNC2CCC3(CC2)OCCO3)C1. The predicted octanol–water partition coefficient (Wildman–Crippen LogP) is 1.39. The van der Waals surface area contributed by atoms with Crippen LogP contribution in [0.5, 0.6) is 0 Å². The molecule has 1 aliphatic carbocycles. The van der Waals surface area contributed by atoms with Crippen LogP contribution in [0, 0.1) is 0 Å². The number of hydrogen-bond acceptors (Lipinski definition) is 5. The molecule has 6 heteroatoms. The van der Waals surface area contributed by atoms with E-state index in [2.05, 4.69) is 20.1 Å². The average Bonchev–Trinajstić information content (AvgIpc) is 3.15. The molecule has 0 aromatic carbocycles. The van der Waals surface area contributed by atoms with Crippen LogP contribution in [0.25, 0.3) is 0 Å². The van der Waals surface area contributed by atoms with Gasteiger partial charge in [0, 0.05) is 31.8 Å². The van der Waals surface area contributed by atoms with E-state index >= 15 is 0 Å². The molecule has 21 heavy (non-hydrogen) atoms. The van der Waals surface area contributed by atoms with Gasteiger partial charge in [-0.1, -0.05) is 0 Å². The van der Waals surface area contributed by atoms with E-state index in [4.69, 9.17) is 9.47 Å². The standard InChI is InChI=1S/C15H24N4O2/c1-2-8-19-13(3-1)17-18-14(19)11-16-12-4-6-15(7-5-12)20-9-10-21-15/h12,16H,1-11H2. The first-order chi connectivity index (χ1) is 10.3. The molecule has 1 spiro atoms. The van der Waals surface area contributed by atoms with Gasteiger partial charge in [-0.05, 0) is 25.7 Å². The van der Waals surface area contributed by atoms with Crippen molar-refractivity contribution in [2.75, 3.05) is 13.2 Å². The van der Waals surface area contributed by atoms with E-state index in [-0.39, 0.29) is 5.79 Å². The van der Waals surface area contributed by atoms with Gasteiger partial charge in [0.1, 0.15) is 11.6 Å². The van der Waals surface area contributed by atoms with Gasteiger partial charge in [0.25, 0.3) is 0 Å². The highest BCUT2D eigenvalue weighted by molar-refractivity contribution is 4.99. The molecule has 0 amide bonds. The first-order valence-corrected chi connectivity index (χ1v) is 8.27. The van der Waals surface area contributed by atoms with Crippen LogP contribution in [0.2, 0.25) is 0 Å². The Hall–Kier alpha value is -0.980. The minimum atomic E-state index is -0.258. The number of aryl methyl sites for hydroxylation is 1. The number of aromatic nitrogens is 3. The molecular weight excluding hydrogens is 268 g/mol. The largest absolute Gasteiger partial charge is 0.348 e. The fourth-order valence-corrected chi connectivity index (χ4v) is 3.78. The summed E-state index contributed by atoms with van der Waals surface area (Å²) in [6, 6.07) is 0.542. The van der Waals surface area contributed by atoms with Crippen LogP contribution in [-0.4, -0.2) is 39.8 Å². The summed E-state index contributed by atoms with van der Waals surface area (Å²) in [5.74, 6) is 2.00. The normalized spacial score (nSPS) is 25.3. The minimum Gasteiger partial charge on any atom is -0.348 e. The Morgan fingerprint density at radius 2 is 1.95 bits per heavy atom. The molecule has 0 atom stereocenters. The van der Waals surface area contributed by atoms with Crippen LogP contribution in [-0.2, 0) is 29.0 Å². The van der Waals surface area contributed by atoms with Gasteiger partial charge in [0.15, 0.2) is 5.79 Å². The third-order valence-corrected chi connectivity index (χ3v) is 5.05. The Morgan fingerprint density at radius 3 is 2.76 bits per heavy atom. The molecule has 1 saturated heterocycles. The van der Waals surface area contributed by atoms with Crippen LogP contribution < -0.4 is 5.32 Å². The number of hydrogen-bond donors (Lipinski definition) is 1. The quantitative estimate of drug-likeness (QED) is 0.912. The van der Waals surface area contributed by atoms with Crippen molar-refractivity contribution in [2.24, 2.45) is 0 Å². The Bertz CT molecular complexity index is 486. The number of rotatable bonds is 3. The van der Waals surface area contributed by atoms with E-state index in [0.717, 1.165) is 70.1 Å². The molecule has 1 aromatic rings. The van der Waals surface area contributed by atoms with Crippen LogP contribution in [0.3, 0.4) is 0 Å². The zero-order chi connectivity index (χ0) is 14.1. The van der Waals surface area contributed by atoms with Gasteiger partial charge in [-0.15, -0.1) is 10.2 Å². The molecule has 2 fully saturated rings. The van der Waals surface area contributed by atoms with E-state index in [1.165, 1.54) is 12.8 Å². The molecule has 0 radical (unpaired) electrons. The highest BCUT2D eigenvalue weighted by atomic mass is 16.7. The monoisotopic (exact) mass is 292 g/mol. The van der Waals surface area contributed by atoms with Gasteiger partial charge >= 0.3 is 0 Å². The molecule has 0 unspecified atom stereocenters. The highest BCUT2D eigenvalue weighted by Crippen LogP contribution is 2.35. The molecule has 1 N–H and O–H groups in total. The van der Waals surface area contributed by atoms with E-state index in [1.807, 2.05) is 0 Å². The summed E-state index contributed by atoms with van der Waals surface area (Å²) in [6.07, 6.45) is 7.80. The maximum Gasteiger partial charge on any atom is 0.168 e. The molecule has 6 nitrogen and oxygen atoms in total. The van der Waals surface area contributed by atoms with Gasteiger partial charge < -0.3 is 19.4 Å². The van der Waals surface area contributed by atoms with Crippen molar-refractivity contribution < 1.29 is 9.47 Å². The Labute approximate surface area is 125 Å². The molecule has 1 saturated carbocycles. The molecule has 3 heterocycles. The van der Waals surface area contributed by atoms with Gasteiger partial charge in [-0.25, -0.2) is 0 Å². The lowest BCUT2D eigenvalue weighted by molar-refractivity contribution is -0.179. The zero-order valence-corrected chi connectivity index (χ0v) is 12.5. The van der Waals surface area contributed by atoms with Gasteiger partial charge in [0.05, 0.1) is 19.8 Å². The lowest BCUT2D eigenvalue weighted by Crippen LogP contribution is -2.42. The Morgan fingerprint density at radius 1 is 1.14 bits per heavy atom. The van der Waals surface area contributed by atoms with Crippen molar-refractivity contribution in [3.63, 3.8) is 0 Å². The Balaban J connectivity index is 1.31.